The number of nitrogens with two attached hydrogens (primary N) is 1. The highest BCUT2D eigenvalue weighted by molar-refractivity contribution is 7.85. The first-order chi connectivity index (χ1) is 17.3. The van der Waals surface area contributed by atoms with Gasteiger partial charge in [-0.15, -0.1) is 0 Å². The minimum atomic E-state index is -3.67. The van der Waals surface area contributed by atoms with Gasteiger partial charge in [-0.05, 0) is 19.8 Å². The minimum absolute atomic E-state index is 0.154. The highest BCUT2D eigenvalue weighted by atomic mass is 32.2. The van der Waals surface area contributed by atoms with Gasteiger partial charge < -0.3 is 30.5 Å². The molecule has 2 aromatic rings. The molecule has 0 unspecified atom stereocenters. The summed E-state index contributed by atoms with van der Waals surface area (Å²) in [5.74, 6) is -3.46. The molecule has 5 N–H and O–H groups in total. The number of carboxylic acid groups (broad SMARTS) is 1. The van der Waals surface area contributed by atoms with E-state index in [2.05, 4.69) is 10.5 Å². The van der Waals surface area contributed by atoms with Crippen molar-refractivity contribution in [3.05, 3.63) is 33.6 Å². The van der Waals surface area contributed by atoms with Crippen LogP contribution in [0.3, 0.4) is 0 Å². The maximum atomic E-state index is 15.9. The highest BCUT2D eigenvalue weighted by Gasteiger charge is 2.50. The van der Waals surface area contributed by atoms with Crippen molar-refractivity contribution < 1.29 is 36.5 Å². The number of benzene rings is 1. The summed E-state index contributed by atoms with van der Waals surface area (Å²) in [6.07, 6.45) is 3.25. The van der Waals surface area contributed by atoms with Gasteiger partial charge in [-0.2, -0.15) is 8.42 Å². The van der Waals surface area contributed by atoms with Gasteiger partial charge in [0.15, 0.2) is 11.6 Å². The smallest absolute Gasteiger partial charge is 0.341 e. The lowest BCUT2D eigenvalue weighted by molar-refractivity contribution is 0.0694. The zero-order chi connectivity index (χ0) is 27.3. The molecule has 3 aliphatic rings. The number of carbonyl (C=O) groups is 1. The Labute approximate surface area is 210 Å². The van der Waals surface area contributed by atoms with E-state index in [9.17, 15) is 23.1 Å². The van der Waals surface area contributed by atoms with Crippen LogP contribution in [0.25, 0.3) is 10.9 Å². The normalized spacial score (nSPS) is 19.6. The van der Waals surface area contributed by atoms with Gasteiger partial charge in [0.25, 0.3) is 10.1 Å². The summed E-state index contributed by atoms with van der Waals surface area (Å²) in [6.45, 7) is 3.85. The topological polar surface area (TPSA) is 177 Å². The predicted molar refractivity (Wildman–Crippen MR) is 132 cm³/mol. The van der Waals surface area contributed by atoms with E-state index in [4.69, 9.17) is 15.1 Å². The van der Waals surface area contributed by atoms with E-state index in [1.165, 1.54) is 9.47 Å². The third kappa shape index (κ3) is 4.98. The fraction of sp³-hybridized carbons (Fsp3) is 0.500. The molecule has 3 heterocycles. The first-order valence-corrected chi connectivity index (χ1v) is 13.3. The summed E-state index contributed by atoms with van der Waals surface area (Å²) in [5.41, 5.74) is 3.71. The number of halogens is 2. The number of aromatic nitrogens is 1. The molecular formula is C22H27F2N5O7S. The Morgan fingerprint density at radius 1 is 1.32 bits per heavy atom. The summed E-state index contributed by atoms with van der Waals surface area (Å²) in [4.78, 5) is 31.1. The number of aromatic carboxylic acids is 1. The van der Waals surface area contributed by atoms with Crippen LogP contribution in [-0.4, -0.2) is 73.4 Å². The van der Waals surface area contributed by atoms with Gasteiger partial charge in [0.1, 0.15) is 17.9 Å². The molecule has 1 saturated carbocycles. The van der Waals surface area contributed by atoms with Crippen molar-refractivity contribution in [3.8, 4) is 0 Å². The van der Waals surface area contributed by atoms with E-state index >= 15 is 8.78 Å². The summed E-state index contributed by atoms with van der Waals surface area (Å²) >= 11 is 0. The van der Waals surface area contributed by atoms with Crippen molar-refractivity contribution >= 4 is 44.1 Å². The minimum Gasteiger partial charge on any atom is -0.477 e. The van der Waals surface area contributed by atoms with Crippen molar-refractivity contribution in [3.63, 3.8) is 0 Å². The van der Waals surface area contributed by atoms with Crippen LogP contribution in [0.2, 0.25) is 0 Å². The summed E-state index contributed by atoms with van der Waals surface area (Å²) in [6, 6.07) is -0.167. The van der Waals surface area contributed by atoms with Gasteiger partial charge in [0.05, 0.1) is 40.5 Å². The van der Waals surface area contributed by atoms with Crippen LogP contribution in [0.15, 0.2) is 16.1 Å². The molecule has 0 radical (unpaired) electrons. The molecule has 202 valence electrons. The fourth-order valence-electron chi connectivity index (χ4n) is 4.65. The molecule has 2 aliphatic heterocycles. The predicted octanol–water partition coefficient (Wildman–Crippen LogP) is 1.20. The zero-order valence-corrected chi connectivity index (χ0v) is 20.9. The van der Waals surface area contributed by atoms with Gasteiger partial charge in [-0.3, -0.25) is 9.35 Å². The molecule has 3 fully saturated rings. The molecule has 15 heteroatoms. The molecule has 5 rings (SSSR count). The Kier molecular flexibility index (Phi) is 6.90. The standard InChI is InChI=1S/C21H23F2N5O4.CH4O3S/c1-2-32-26-12-6-27(9-21(12)7-25-8-21)18-14(22)16(24)13-17(15(18)23)28(10-3-4-10)5-11(19(13)29)20(30)31;1-5(2,3)4/h5,10,25H,2-4,6-9,24H2,1H3,(H,30,31);1H3,(H,2,3,4). The van der Waals surface area contributed by atoms with Crippen molar-refractivity contribution in [2.75, 3.05) is 49.7 Å². The molecule has 37 heavy (non-hydrogen) atoms. The van der Waals surface area contributed by atoms with Gasteiger partial charge in [0.2, 0.25) is 5.43 Å². The number of rotatable bonds is 5. The lowest BCUT2D eigenvalue weighted by Gasteiger charge is -2.39. The number of pyridine rings is 1. The number of nitrogen functional groups attached to an aromatic ring is 1. The van der Waals surface area contributed by atoms with Crippen LogP contribution in [0.4, 0.5) is 20.2 Å². The molecule has 12 nitrogen and oxygen atoms in total. The Morgan fingerprint density at radius 3 is 2.43 bits per heavy atom. The summed E-state index contributed by atoms with van der Waals surface area (Å²) in [7, 11) is -3.67. The second-order valence-corrected chi connectivity index (χ2v) is 10.8. The van der Waals surface area contributed by atoms with Crippen LogP contribution in [0.1, 0.15) is 36.2 Å². The zero-order valence-electron chi connectivity index (χ0n) is 20.1. The maximum Gasteiger partial charge on any atom is 0.341 e. The first kappa shape index (κ1) is 26.8. The number of hydrogen-bond acceptors (Lipinski definition) is 9. The van der Waals surface area contributed by atoms with E-state index in [1.807, 2.05) is 0 Å². The van der Waals surface area contributed by atoms with Gasteiger partial charge in [-0.1, -0.05) is 5.16 Å². The third-order valence-electron chi connectivity index (χ3n) is 6.53. The van der Waals surface area contributed by atoms with E-state index in [0.29, 0.717) is 51.1 Å². The number of nitrogens with zero attached hydrogens (tertiary/aromatic N) is 3. The summed E-state index contributed by atoms with van der Waals surface area (Å²) in [5, 5.41) is 16.3. The SMILES string of the molecule is CCON=C1CN(c2c(F)c(N)c3c(=O)c(C(=O)O)cn(C4CC4)c3c2F)CC12CNC2.CS(=O)(=O)O. The van der Waals surface area contributed by atoms with E-state index < -0.39 is 49.8 Å². The molecule has 0 bridgehead atoms. The van der Waals surface area contributed by atoms with Gasteiger partial charge in [0, 0.05) is 31.9 Å². The first-order valence-electron chi connectivity index (χ1n) is 11.4. The second-order valence-electron chi connectivity index (χ2n) is 9.36. The number of nitrogens with one attached hydrogen (secondary N) is 1. The fourth-order valence-corrected chi connectivity index (χ4v) is 4.65. The van der Waals surface area contributed by atoms with Crippen molar-refractivity contribution in [1.29, 1.82) is 0 Å². The van der Waals surface area contributed by atoms with E-state index in [-0.39, 0.29) is 29.2 Å². The second kappa shape index (κ2) is 9.54. The summed E-state index contributed by atoms with van der Waals surface area (Å²) < 4.78 is 58.7. The largest absolute Gasteiger partial charge is 0.477 e. The van der Waals surface area contributed by atoms with Crippen LogP contribution in [-0.2, 0) is 15.0 Å². The lowest BCUT2D eigenvalue weighted by atomic mass is 9.79. The average Bonchev–Trinajstić information content (AvgIpc) is 3.54. The lowest BCUT2D eigenvalue weighted by Crippen LogP contribution is -2.58. The highest BCUT2D eigenvalue weighted by Crippen LogP contribution is 2.44. The molecule has 0 amide bonds. The van der Waals surface area contributed by atoms with Gasteiger partial charge >= 0.3 is 5.97 Å². The van der Waals surface area contributed by atoms with Crippen molar-refractivity contribution in [2.24, 2.45) is 10.6 Å². The van der Waals surface area contributed by atoms with Crippen LogP contribution < -0.4 is 21.4 Å². The van der Waals surface area contributed by atoms with Gasteiger partial charge in [-0.25, -0.2) is 13.6 Å². The molecule has 1 spiro atoms. The van der Waals surface area contributed by atoms with Crippen LogP contribution >= 0.6 is 0 Å². The number of carboxylic acids is 1. The van der Waals surface area contributed by atoms with E-state index in [1.54, 1.807) is 6.92 Å². The average molecular weight is 544 g/mol. The molecule has 0 atom stereocenters. The quantitative estimate of drug-likeness (QED) is 0.243. The Balaban J connectivity index is 0.000000586. The Hall–Kier alpha value is -3.30. The Bertz CT molecular complexity index is 1460. The number of anilines is 2. The van der Waals surface area contributed by atoms with Crippen molar-refractivity contribution in [1.82, 2.24) is 9.88 Å². The molecule has 1 aromatic carbocycles. The van der Waals surface area contributed by atoms with Crippen LogP contribution in [0.5, 0.6) is 0 Å². The number of oxime groups is 1. The molecule has 2 saturated heterocycles. The maximum absolute atomic E-state index is 15.9. The molecular weight excluding hydrogens is 516 g/mol. The monoisotopic (exact) mass is 543 g/mol. The van der Waals surface area contributed by atoms with Crippen LogP contribution in [0, 0.1) is 17.0 Å². The Morgan fingerprint density at radius 2 is 1.95 bits per heavy atom. The molecule has 1 aromatic heterocycles. The number of fused-ring (bicyclic) bond motifs is 1. The third-order valence-corrected chi connectivity index (χ3v) is 6.53. The number of hydrogen-bond donors (Lipinski definition) is 4. The molecule has 1 aliphatic carbocycles. The van der Waals surface area contributed by atoms with E-state index in [0.717, 1.165) is 6.20 Å². The van der Waals surface area contributed by atoms with Crippen molar-refractivity contribution in [2.45, 2.75) is 25.8 Å².